The average molecular weight is 419 g/mol. The van der Waals surface area contributed by atoms with E-state index in [1.54, 1.807) is 4.90 Å². The van der Waals surface area contributed by atoms with Crippen LogP contribution in [0.25, 0.3) is 11.0 Å². The predicted molar refractivity (Wildman–Crippen MR) is 118 cm³/mol. The molecule has 4 rings (SSSR count). The molecule has 1 aliphatic heterocycles. The first-order chi connectivity index (χ1) is 14.9. The van der Waals surface area contributed by atoms with Crippen molar-refractivity contribution in [1.82, 2.24) is 0 Å². The lowest BCUT2D eigenvalue weighted by Crippen LogP contribution is -2.26. The third kappa shape index (κ3) is 4.24. The van der Waals surface area contributed by atoms with Crippen LogP contribution in [0, 0.1) is 19.8 Å². The van der Waals surface area contributed by atoms with Crippen LogP contribution in [0.3, 0.4) is 0 Å². The molecule has 1 aromatic heterocycles. The molecule has 0 bridgehead atoms. The SMILES string of the molecule is CCc1ccc(N2C[C@@H](C(=O)OCc3cc(=O)oc4cc(C)c(C)cc34)CC2=O)cc1. The van der Waals surface area contributed by atoms with Gasteiger partial charge in [-0.25, -0.2) is 4.79 Å². The Hall–Kier alpha value is -3.41. The van der Waals surface area contributed by atoms with Gasteiger partial charge in [0.05, 0.1) is 5.92 Å². The molecule has 1 amide bonds. The van der Waals surface area contributed by atoms with Crippen LogP contribution >= 0.6 is 0 Å². The summed E-state index contributed by atoms with van der Waals surface area (Å²) < 4.78 is 10.8. The molecular formula is C25H25NO5. The van der Waals surface area contributed by atoms with Gasteiger partial charge in [-0.3, -0.25) is 9.59 Å². The Bertz CT molecular complexity index is 1210. The van der Waals surface area contributed by atoms with Gasteiger partial charge in [0.25, 0.3) is 0 Å². The minimum absolute atomic E-state index is 0.0423. The average Bonchev–Trinajstić information content (AvgIpc) is 3.15. The van der Waals surface area contributed by atoms with Crippen molar-refractivity contribution in [3.8, 4) is 0 Å². The van der Waals surface area contributed by atoms with Crippen molar-refractivity contribution < 1.29 is 18.7 Å². The Kier molecular flexibility index (Phi) is 5.63. The van der Waals surface area contributed by atoms with Crippen LogP contribution in [0.15, 0.2) is 51.7 Å². The van der Waals surface area contributed by atoms with Crippen molar-refractivity contribution in [3.63, 3.8) is 0 Å². The summed E-state index contributed by atoms with van der Waals surface area (Å²) in [7, 11) is 0. The molecule has 6 heteroatoms. The maximum absolute atomic E-state index is 12.7. The fourth-order valence-corrected chi connectivity index (χ4v) is 3.90. The highest BCUT2D eigenvalue weighted by atomic mass is 16.5. The zero-order valence-electron chi connectivity index (χ0n) is 17.9. The van der Waals surface area contributed by atoms with E-state index in [0.29, 0.717) is 17.7 Å². The van der Waals surface area contributed by atoms with Crippen LogP contribution in [0.1, 0.15) is 35.6 Å². The van der Waals surface area contributed by atoms with E-state index in [4.69, 9.17) is 9.15 Å². The first kappa shape index (κ1) is 20.8. The predicted octanol–water partition coefficient (Wildman–Crippen LogP) is 4.07. The van der Waals surface area contributed by atoms with Crippen molar-refractivity contribution in [1.29, 1.82) is 0 Å². The number of anilines is 1. The second-order valence-electron chi connectivity index (χ2n) is 8.06. The maximum Gasteiger partial charge on any atom is 0.336 e. The molecule has 0 unspecified atom stereocenters. The van der Waals surface area contributed by atoms with Gasteiger partial charge < -0.3 is 14.1 Å². The quantitative estimate of drug-likeness (QED) is 0.460. The van der Waals surface area contributed by atoms with Crippen molar-refractivity contribution in [3.05, 3.63) is 75.1 Å². The molecule has 0 spiro atoms. The van der Waals surface area contributed by atoms with Crippen LogP contribution < -0.4 is 10.5 Å². The number of fused-ring (bicyclic) bond motifs is 1. The summed E-state index contributed by atoms with van der Waals surface area (Å²) >= 11 is 0. The third-order valence-electron chi connectivity index (χ3n) is 5.93. The molecule has 2 aromatic carbocycles. The highest BCUT2D eigenvalue weighted by Crippen LogP contribution is 2.27. The van der Waals surface area contributed by atoms with Gasteiger partial charge in [-0.1, -0.05) is 19.1 Å². The monoisotopic (exact) mass is 419 g/mol. The van der Waals surface area contributed by atoms with E-state index in [9.17, 15) is 14.4 Å². The van der Waals surface area contributed by atoms with Crippen LogP contribution in [0.4, 0.5) is 5.69 Å². The summed E-state index contributed by atoms with van der Waals surface area (Å²) in [6.07, 6.45) is 1.04. The first-order valence-electron chi connectivity index (χ1n) is 10.5. The minimum Gasteiger partial charge on any atom is -0.461 e. The zero-order chi connectivity index (χ0) is 22.1. The zero-order valence-corrected chi connectivity index (χ0v) is 17.9. The number of ether oxygens (including phenoxy) is 1. The second-order valence-corrected chi connectivity index (χ2v) is 8.06. The summed E-state index contributed by atoms with van der Waals surface area (Å²) in [5.41, 5.74) is 4.63. The Balaban J connectivity index is 1.47. The van der Waals surface area contributed by atoms with E-state index >= 15 is 0 Å². The number of hydrogen-bond donors (Lipinski definition) is 0. The molecule has 1 saturated heterocycles. The molecule has 1 fully saturated rings. The van der Waals surface area contributed by atoms with Crippen LogP contribution in [-0.4, -0.2) is 18.4 Å². The van der Waals surface area contributed by atoms with Gasteiger partial charge in [0.15, 0.2) is 0 Å². The lowest BCUT2D eigenvalue weighted by Gasteiger charge is -2.17. The molecule has 160 valence electrons. The van der Waals surface area contributed by atoms with Crippen molar-refractivity contribution in [2.75, 3.05) is 11.4 Å². The number of nitrogens with zero attached hydrogens (tertiary/aromatic N) is 1. The van der Waals surface area contributed by atoms with Gasteiger partial charge in [-0.15, -0.1) is 0 Å². The van der Waals surface area contributed by atoms with Crippen LogP contribution in [0.5, 0.6) is 0 Å². The largest absolute Gasteiger partial charge is 0.461 e. The molecule has 2 heterocycles. The lowest BCUT2D eigenvalue weighted by atomic mass is 10.0. The van der Waals surface area contributed by atoms with E-state index in [1.807, 2.05) is 50.2 Å². The number of amides is 1. The van der Waals surface area contributed by atoms with Gasteiger partial charge in [0.2, 0.25) is 5.91 Å². The molecule has 0 radical (unpaired) electrons. The van der Waals surface area contributed by atoms with Crippen LogP contribution in [0.2, 0.25) is 0 Å². The summed E-state index contributed by atoms with van der Waals surface area (Å²) in [4.78, 5) is 38.7. The van der Waals surface area contributed by atoms with E-state index in [1.165, 1.54) is 11.6 Å². The standard InChI is InChI=1S/C25H25NO5/c1-4-17-5-7-20(8-6-17)26-13-18(11-23(26)27)25(29)30-14-19-12-24(28)31-22-10-16(3)15(2)9-21(19)22/h5-10,12,18H,4,11,13-14H2,1-3H3/t18-/m0/s1. The molecule has 0 saturated carbocycles. The topological polar surface area (TPSA) is 76.8 Å². The second kappa shape index (κ2) is 8.38. The molecule has 0 aliphatic carbocycles. The Morgan fingerprint density at radius 2 is 1.81 bits per heavy atom. The molecule has 1 aliphatic rings. The number of aryl methyl sites for hydroxylation is 3. The normalized spacial score (nSPS) is 16.2. The van der Waals surface area contributed by atoms with Gasteiger partial charge in [0.1, 0.15) is 12.2 Å². The molecule has 31 heavy (non-hydrogen) atoms. The Morgan fingerprint density at radius 3 is 2.52 bits per heavy atom. The van der Waals surface area contributed by atoms with Gasteiger partial charge in [-0.2, -0.15) is 0 Å². The highest BCUT2D eigenvalue weighted by Gasteiger charge is 2.36. The number of benzene rings is 2. The van der Waals surface area contributed by atoms with Crippen molar-refractivity contribution >= 4 is 28.5 Å². The van der Waals surface area contributed by atoms with Gasteiger partial charge in [0, 0.05) is 35.7 Å². The fraction of sp³-hybridized carbons (Fsp3) is 0.320. The van der Waals surface area contributed by atoms with Crippen molar-refractivity contribution in [2.24, 2.45) is 5.92 Å². The maximum atomic E-state index is 12.7. The molecule has 6 nitrogen and oxygen atoms in total. The molecule has 1 atom stereocenters. The molecular weight excluding hydrogens is 394 g/mol. The molecule has 3 aromatic rings. The number of rotatable bonds is 5. The summed E-state index contributed by atoms with van der Waals surface area (Å²) in [5, 5.41) is 0.746. The van der Waals surface area contributed by atoms with Gasteiger partial charge >= 0.3 is 11.6 Å². The van der Waals surface area contributed by atoms with E-state index in [0.717, 1.165) is 28.6 Å². The first-order valence-corrected chi connectivity index (χ1v) is 10.5. The lowest BCUT2D eigenvalue weighted by molar-refractivity contribution is -0.149. The highest BCUT2D eigenvalue weighted by molar-refractivity contribution is 5.99. The number of esters is 1. The minimum atomic E-state index is -0.534. The van der Waals surface area contributed by atoms with E-state index in [-0.39, 0.29) is 18.9 Å². The third-order valence-corrected chi connectivity index (χ3v) is 5.93. The molecule has 0 N–H and O–H groups in total. The number of hydrogen-bond acceptors (Lipinski definition) is 5. The van der Waals surface area contributed by atoms with Crippen LogP contribution in [-0.2, 0) is 27.4 Å². The number of carbonyl (C=O) groups excluding carboxylic acids is 2. The Labute approximate surface area is 180 Å². The van der Waals surface area contributed by atoms with Crippen molar-refractivity contribution in [2.45, 2.75) is 40.2 Å². The summed E-state index contributed by atoms with van der Waals surface area (Å²) in [6.45, 7) is 6.24. The van der Waals surface area contributed by atoms with Gasteiger partial charge in [-0.05, 0) is 61.2 Å². The fourth-order valence-electron chi connectivity index (χ4n) is 3.90. The summed E-state index contributed by atoms with van der Waals surface area (Å²) in [6, 6.07) is 12.9. The van der Waals surface area contributed by atoms with E-state index < -0.39 is 17.5 Å². The van der Waals surface area contributed by atoms with E-state index in [2.05, 4.69) is 6.92 Å². The summed E-state index contributed by atoms with van der Waals surface area (Å²) in [5.74, 6) is -1.07. The number of carbonyl (C=O) groups is 2. The Morgan fingerprint density at radius 1 is 1.10 bits per heavy atom. The smallest absolute Gasteiger partial charge is 0.336 e.